The highest BCUT2D eigenvalue weighted by Crippen LogP contribution is 2.35. The molecule has 0 aliphatic rings. The molecule has 2 aromatic carbocycles. The van der Waals surface area contributed by atoms with Crippen LogP contribution >= 0.6 is 0 Å². The Morgan fingerprint density at radius 2 is 1.96 bits per heavy atom. The topological polar surface area (TPSA) is 71.5 Å². The van der Waals surface area contributed by atoms with E-state index in [1.54, 1.807) is 25.1 Å². The number of alkyl halides is 3. The standard InChI is InChI=1S/C20H17F3N2O3/c1-12(11-26)16-9-15(20(21,22)23)6-7-18(16)28-25-19(27)14-8-13-4-2-3-5-17(13)24-10-14/h2-10,12,26H,11H2,1H3,(H,25,27)/t12-/m0/s1. The van der Waals surface area contributed by atoms with Crippen LogP contribution in [0.2, 0.25) is 0 Å². The average Bonchev–Trinajstić information content (AvgIpc) is 2.70. The predicted molar refractivity (Wildman–Crippen MR) is 96.8 cm³/mol. The van der Waals surface area contributed by atoms with Crippen molar-refractivity contribution in [3.63, 3.8) is 0 Å². The fourth-order valence-electron chi connectivity index (χ4n) is 2.66. The smallest absolute Gasteiger partial charge is 0.396 e. The van der Waals surface area contributed by atoms with Gasteiger partial charge in [-0.05, 0) is 30.3 Å². The SMILES string of the molecule is C[C@@H](CO)c1cc(C(F)(F)F)ccc1ONC(=O)c1cnc2ccccc2c1. The van der Waals surface area contributed by atoms with Gasteiger partial charge in [0.15, 0.2) is 5.75 Å². The molecule has 1 aromatic heterocycles. The van der Waals surface area contributed by atoms with Crippen molar-refractivity contribution in [3.8, 4) is 5.75 Å². The first-order valence-electron chi connectivity index (χ1n) is 8.43. The molecule has 1 amide bonds. The van der Waals surface area contributed by atoms with Crippen LogP contribution in [-0.2, 0) is 6.18 Å². The summed E-state index contributed by atoms with van der Waals surface area (Å²) in [4.78, 5) is 21.8. The second kappa shape index (κ2) is 7.85. The monoisotopic (exact) mass is 390 g/mol. The molecule has 0 aliphatic heterocycles. The zero-order chi connectivity index (χ0) is 20.3. The van der Waals surface area contributed by atoms with Gasteiger partial charge in [-0.1, -0.05) is 25.1 Å². The Morgan fingerprint density at radius 1 is 1.21 bits per heavy atom. The van der Waals surface area contributed by atoms with E-state index in [-0.39, 0.29) is 23.5 Å². The van der Waals surface area contributed by atoms with Crippen LogP contribution in [0.1, 0.15) is 34.3 Å². The van der Waals surface area contributed by atoms with Crippen molar-refractivity contribution in [2.45, 2.75) is 19.0 Å². The van der Waals surface area contributed by atoms with Crippen LogP contribution in [0.25, 0.3) is 10.9 Å². The van der Waals surface area contributed by atoms with Gasteiger partial charge in [0.25, 0.3) is 5.91 Å². The van der Waals surface area contributed by atoms with Crippen LogP contribution in [0.3, 0.4) is 0 Å². The molecule has 0 saturated heterocycles. The molecule has 28 heavy (non-hydrogen) atoms. The average molecular weight is 390 g/mol. The van der Waals surface area contributed by atoms with Gasteiger partial charge in [0.05, 0.1) is 16.6 Å². The van der Waals surface area contributed by atoms with Gasteiger partial charge in [0.1, 0.15) is 0 Å². The van der Waals surface area contributed by atoms with Gasteiger partial charge < -0.3 is 9.94 Å². The molecule has 1 atom stereocenters. The summed E-state index contributed by atoms with van der Waals surface area (Å²) in [7, 11) is 0. The molecule has 0 unspecified atom stereocenters. The van der Waals surface area contributed by atoms with Gasteiger partial charge in [-0.2, -0.15) is 18.7 Å². The number of carbonyl (C=O) groups excluding carboxylic acids is 1. The molecule has 0 aliphatic carbocycles. The molecular weight excluding hydrogens is 373 g/mol. The number of aromatic nitrogens is 1. The van der Waals surface area contributed by atoms with Crippen LogP contribution < -0.4 is 10.3 Å². The lowest BCUT2D eigenvalue weighted by Gasteiger charge is -2.17. The number of pyridine rings is 1. The van der Waals surface area contributed by atoms with E-state index < -0.39 is 23.6 Å². The number of halogens is 3. The molecule has 3 rings (SSSR count). The molecule has 146 valence electrons. The molecular formula is C20H17F3N2O3. The first-order valence-corrected chi connectivity index (χ1v) is 8.43. The highest BCUT2D eigenvalue weighted by molar-refractivity contribution is 5.96. The zero-order valence-electron chi connectivity index (χ0n) is 14.8. The summed E-state index contributed by atoms with van der Waals surface area (Å²) >= 11 is 0. The van der Waals surface area contributed by atoms with E-state index in [0.717, 1.165) is 29.1 Å². The molecule has 0 saturated carbocycles. The molecule has 8 heteroatoms. The minimum atomic E-state index is -4.53. The van der Waals surface area contributed by atoms with E-state index in [9.17, 15) is 23.1 Å². The van der Waals surface area contributed by atoms with Gasteiger partial charge in [-0.25, -0.2) is 0 Å². The summed E-state index contributed by atoms with van der Waals surface area (Å²) in [6.07, 6.45) is -3.15. The summed E-state index contributed by atoms with van der Waals surface area (Å²) in [6.45, 7) is 1.18. The van der Waals surface area contributed by atoms with Crippen molar-refractivity contribution in [1.82, 2.24) is 10.5 Å². The van der Waals surface area contributed by atoms with E-state index in [1.807, 2.05) is 12.1 Å². The maximum atomic E-state index is 13.0. The van der Waals surface area contributed by atoms with Crippen LogP contribution in [-0.4, -0.2) is 22.6 Å². The summed E-state index contributed by atoms with van der Waals surface area (Å²) in [5.74, 6) is -1.19. The van der Waals surface area contributed by atoms with Crippen molar-refractivity contribution < 1.29 is 27.9 Å². The highest BCUT2D eigenvalue weighted by Gasteiger charge is 2.32. The second-order valence-electron chi connectivity index (χ2n) is 6.28. The normalized spacial score (nSPS) is 12.6. The van der Waals surface area contributed by atoms with Gasteiger partial charge in [-0.15, -0.1) is 0 Å². The number of fused-ring (bicyclic) bond motifs is 1. The maximum absolute atomic E-state index is 13.0. The van der Waals surface area contributed by atoms with Crippen molar-refractivity contribution in [2.75, 3.05) is 6.61 Å². The van der Waals surface area contributed by atoms with Crippen LogP contribution in [0, 0.1) is 0 Å². The number of aliphatic hydroxyl groups excluding tert-OH is 1. The molecule has 0 radical (unpaired) electrons. The highest BCUT2D eigenvalue weighted by atomic mass is 19.4. The van der Waals surface area contributed by atoms with Gasteiger partial charge >= 0.3 is 6.18 Å². The van der Waals surface area contributed by atoms with Gasteiger partial charge in [-0.3, -0.25) is 9.78 Å². The molecule has 0 bridgehead atoms. The van der Waals surface area contributed by atoms with Gasteiger partial charge in [0.2, 0.25) is 0 Å². The van der Waals surface area contributed by atoms with E-state index in [1.165, 1.54) is 6.20 Å². The Bertz CT molecular complexity index is 1010. The molecule has 3 aromatic rings. The number of nitrogens with one attached hydrogen (secondary N) is 1. The number of hydrogen-bond donors (Lipinski definition) is 2. The Kier molecular flexibility index (Phi) is 5.51. The third-order valence-corrected chi connectivity index (χ3v) is 4.25. The first kappa shape index (κ1) is 19.6. The quantitative estimate of drug-likeness (QED) is 0.644. The number of aliphatic hydroxyl groups is 1. The summed E-state index contributed by atoms with van der Waals surface area (Å²) in [5, 5.41) is 10.1. The zero-order valence-corrected chi connectivity index (χ0v) is 14.8. The van der Waals surface area contributed by atoms with Crippen molar-refractivity contribution in [2.24, 2.45) is 0 Å². The molecule has 2 N–H and O–H groups in total. The largest absolute Gasteiger partial charge is 0.416 e. The lowest BCUT2D eigenvalue weighted by molar-refractivity contribution is -0.137. The first-order chi connectivity index (χ1) is 13.3. The number of hydroxylamine groups is 1. The molecule has 5 nitrogen and oxygen atoms in total. The number of benzene rings is 2. The number of para-hydroxylation sites is 1. The van der Waals surface area contributed by atoms with Crippen molar-refractivity contribution in [1.29, 1.82) is 0 Å². The van der Waals surface area contributed by atoms with Gasteiger partial charge in [0, 0.05) is 29.7 Å². The number of rotatable bonds is 5. The Morgan fingerprint density at radius 3 is 2.68 bits per heavy atom. The maximum Gasteiger partial charge on any atom is 0.416 e. The van der Waals surface area contributed by atoms with E-state index in [0.29, 0.717) is 0 Å². The van der Waals surface area contributed by atoms with E-state index in [2.05, 4.69) is 10.5 Å². The Hall–Kier alpha value is -3.13. The minimum absolute atomic E-state index is 0.0247. The van der Waals surface area contributed by atoms with E-state index in [4.69, 9.17) is 4.84 Å². The third-order valence-electron chi connectivity index (χ3n) is 4.25. The minimum Gasteiger partial charge on any atom is -0.396 e. The Labute approximate surface area is 158 Å². The van der Waals surface area contributed by atoms with Crippen LogP contribution in [0.15, 0.2) is 54.7 Å². The number of amides is 1. The van der Waals surface area contributed by atoms with Crippen molar-refractivity contribution >= 4 is 16.8 Å². The van der Waals surface area contributed by atoms with Crippen LogP contribution in [0.5, 0.6) is 5.75 Å². The summed E-state index contributed by atoms with van der Waals surface area (Å²) < 4.78 is 38.9. The third kappa shape index (κ3) is 4.23. The van der Waals surface area contributed by atoms with Crippen LogP contribution in [0.4, 0.5) is 13.2 Å². The molecule has 0 spiro atoms. The Balaban J connectivity index is 1.81. The number of carbonyl (C=O) groups is 1. The van der Waals surface area contributed by atoms with Crippen molar-refractivity contribution in [3.05, 3.63) is 71.4 Å². The molecule has 1 heterocycles. The van der Waals surface area contributed by atoms with E-state index >= 15 is 0 Å². The summed E-state index contributed by atoms with van der Waals surface area (Å²) in [6, 6.07) is 11.7. The summed E-state index contributed by atoms with van der Waals surface area (Å²) in [5.41, 5.74) is 2.45. The lowest BCUT2D eigenvalue weighted by atomic mass is 9.98. The fourth-order valence-corrected chi connectivity index (χ4v) is 2.66. The fraction of sp³-hybridized carbons (Fsp3) is 0.200. The number of hydrogen-bond acceptors (Lipinski definition) is 4. The predicted octanol–water partition coefficient (Wildman–Crippen LogP) is 4.07. The molecule has 0 fully saturated rings. The number of nitrogens with zero attached hydrogens (tertiary/aromatic N) is 1. The second-order valence-corrected chi connectivity index (χ2v) is 6.28. The lowest BCUT2D eigenvalue weighted by Crippen LogP contribution is -2.28.